The molecule has 5 nitrogen and oxygen atoms in total. The second-order valence-electron chi connectivity index (χ2n) is 6.59. The van der Waals surface area contributed by atoms with E-state index in [1.807, 2.05) is 18.2 Å². The Hall–Kier alpha value is -2.56. The number of fused-ring (bicyclic) bond motifs is 1. The topological polar surface area (TPSA) is 70.8 Å². The van der Waals surface area contributed by atoms with Crippen molar-refractivity contribution >= 4 is 11.7 Å². The van der Waals surface area contributed by atoms with Gasteiger partial charge in [-0.05, 0) is 48.1 Å². The number of hydrogen-bond acceptors (Lipinski definition) is 4. The first kappa shape index (κ1) is 16.3. The summed E-state index contributed by atoms with van der Waals surface area (Å²) in [6, 6.07) is 8.74. The fourth-order valence-corrected chi connectivity index (χ4v) is 3.28. The number of nitrogens with zero attached hydrogens (tertiary/aromatic N) is 1. The van der Waals surface area contributed by atoms with Gasteiger partial charge in [0.25, 0.3) is 0 Å². The van der Waals surface area contributed by atoms with Crippen LogP contribution in [-0.4, -0.2) is 24.2 Å². The van der Waals surface area contributed by atoms with Gasteiger partial charge in [-0.25, -0.2) is 9.59 Å². The number of anilines is 1. The summed E-state index contributed by atoms with van der Waals surface area (Å²) in [4.78, 5) is 25.1. The van der Waals surface area contributed by atoms with Gasteiger partial charge in [-0.1, -0.05) is 19.9 Å². The first-order valence-corrected chi connectivity index (χ1v) is 8.21. The number of carboxylic acid groups (broad SMARTS) is 1. The Morgan fingerprint density at radius 3 is 2.79 bits per heavy atom. The Balaban J connectivity index is 2.04. The molecule has 1 aromatic carbocycles. The van der Waals surface area contributed by atoms with Gasteiger partial charge in [0, 0.05) is 30.4 Å². The van der Waals surface area contributed by atoms with Crippen molar-refractivity contribution < 1.29 is 14.3 Å². The Kier molecular flexibility index (Phi) is 4.42. The first-order chi connectivity index (χ1) is 11.5. The maximum Gasteiger partial charge on any atom is 0.372 e. The average molecular weight is 327 g/mol. The molecule has 0 radical (unpaired) electrons. The highest BCUT2D eigenvalue weighted by atomic mass is 16.4. The lowest BCUT2D eigenvalue weighted by molar-refractivity contribution is 0.0658. The normalized spacial score (nSPS) is 13.9. The summed E-state index contributed by atoms with van der Waals surface area (Å²) in [5, 5.41) is 9.29. The Morgan fingerprint density at radius 2 is 2.08 bits per heavy atom. The minimum absolute atomic E-state index is 0.308. The van der Waals surface area contributed by atoms with E-state index < -0.39 is 11.6 Å². The van der Waals surface area contributed by atoms with Crippen molar-refractivity contribution in [1.82, 2.24) is 0 Å². The maximum atomic E-state index is 11.4. The highest BCUT2D eigenvalue weighted by molar-refractivity contribution is 5.93. The summed E-state index contributed by atoms with van der Waals surface area (Å²) in [6.07, 6.45) is 2.05. The Bertz CT molecular complexity index is 822. The molecule has 126 valence electrons. The number of carboxylic acids is 1. The molecule has 0 aliphatic carbocycles. The van der Waals surface area contributed by atoms with Gasteiger partial charge in [0.2, 0.25) is 5.76 Å². The molecule has 0 atom stereocenters. The van der Waals surface area contributed by atoms with E-state index in [1.165, 1.54) is 23.4 Å². The molecule has 2 heterocycles. The molecule has 0 fully saturated rings. The van der Waals surface area contributed by atoms with E-state index in [-0.39, 0.29) is 5.76 Å². The smallest absolute Gasteiger partial charge is 0.372 e. The van der Waals surface area contributed by atoms with Gasteiger partial charge in [0.1, 0.15) is 0 Å². The van der Waals surface area contributed by atoms with Crippen LogP contribution >= 0.6 is 0 Å². The number of carbonyl (C=O) groups is 1. The molecule has 0 saturated carbocycles. The number of aryl methyl sites for hydroxylation is 1. The minimum atomic E-state index is -1.23. The molecule has 1 aliphatic rings. The van der Waals surface area contributed by atoms with E-state index in [0.29, 0.717) is 11.5 Å². The molecule has 0 spiro atoms. The van der Waals surface area contributed by atoms with Gasteiger partial charge in [-0.3, -0.25) is 0 Å². The van der Waals surface area contributed by atoms with Crippen LogP contribution in [0.5, 0.6) is 0 Å². The number of hydrogen-bond donors (Lipinski definition) is 1. The third-order valence-electron chi connectivity index (χ3n) is 4.22. The van der Waals surface area contributed by atoms with E-state index in [2.05, 4.69) is 18.7 Å². The van der Waals surface area contributed by atoms with Crippen LogP contribution in [0.25, 0.3) is 11.1 Å². The molecule has 5 heteroatoms. The zero-order valence-electron chi connectivity index (χ0n) is 13.9. The zero-order valence-corrected chi connectivity index (χ0v) is 13.9. The van der Waals surface area contributed by atoms with Crippen molar-refractivity contribution in [3.63, 3.8) is 0 Å². The molecule has 0 amide bonds. The lowest BCUT2D eigenvalue weighted by Crippen LogP contribution is -2.32. The van der Waals surface area contributed by atoms with Gasteiger partial charge < -0.3 is 14.4 Å². The van der Waals surface area contributed by atoms with Gasteiger partial charge in [0.15, 0.2) is 0 Å². The molecule has 0 saturated heterocycles. The largest absolute Gasteiger partial charge is 0.475 e. The highest BCUT2D eigenvalue weighted by Crippen LogP contribution is 2.33. The van der Waals surface area contributed by atoms with Crippen molar-refractivity contribution in [1.29, 1.82) is 0 Å². The van der Waals surface area contributed by atoms with Crippen LogP contribution in [0, 0.1) is 5.92 Å². The molecule has 3 rings (SSSR count). The second kappa shape index (κ2) is 6.51. The van der Waals surface area contributed by atoms with E-state index in [9.17, 15) is 14.7 Å². The van der Waals surface area contributed by atoms with Gasteiger partial charge in [-0.15, -0.1) is 0 Å². The third-order valence-corrected chi connectivity index (χ3v) is 4.22. The number of rotatable bonds is 4. The van der Waals surface area contributed by atoms with Crippen LogP contribution < -0.4 is 10.5 Å². The molecule has 0 unspecified atom stereocenters. The third kappa shape index (κ3) is 3.20. The van der Waals surface area contributed by atoms with Crippen LogP contribution in [0.3, 0.4) is 0 Å². The fraction of sp³-hybridized carbons (Fsp3) is 0.368. The van der Waals surface area contributed by atoms with Crippen molar-refractivity contribution in [3.8, 4) is 11.1 Å². The fourth-order valence-electron chi connectivity index (χ4n) is 3.28. The van der Waals surface area contributed by atoms with Crippen molar-refractivity contribution in [2.24, 2.45) is 5.92 Å². The van der Waals surface area contributed by atoms with Crippen LogP contribution in [0.15, 0.2) is 39.5 Å². The molecule has 24 heavy (non-hydrogen) atoms. The van der Waals surface area contributed by atoms with Crippen LogP contribution in [0.4, 0.5) is 5.69 Å². The predicted molar refractivity (Wildman–Crippen MR) is 92.7 cm³/mol. The summed E-state index contributed by atoms with van der Waals surface area (Å²) >= 11 is 0. The number of benzene rings is 1. The predicted octanol–water partition coefficient (Wildman–Crippen LogP) is 3.41. The van der Waals surface area contributed by atoms with Crippen LogP contribution in [0.2, 0.25) is 0 Å². The Morgan fingerprint density at radius 1 is 1.29 bits per heavy atom. The molecule has 1 N–H and O–H groups in total. The molecule has 0 bridgehead atoms. The maximum absolute atomic E-state index is 11.4. The molecular weight excluding hydrogens is 306 g/mol. The zero-order chi connectivity index (χ0) is 17.3. The van der Waals surface area contributed by atoms with E-state index >= 15 is 0 Å². The van der Waals surface area contributed by atoms with E-state index in [4.69, 9.17) is 4.42 Å². The lowest BCUT2D eigenvalue weighted by atomic mass is 9.95. The van der Waals surface area contributed by atoms with Crippen LogP contribution in [-0.2, 0) is 6.42 Å². The Labute approximate surface area is 140 Å². The van der Waals surface area contributed by atoms with Crippen molar-refractivity contribution in [2.45, 2.75) is 26.7 Å². The second-order valence-corrected chi connectivity index (χ2v) is 6.59. The molecule has 2 aromatic rings. The summed E-state index contributed by atoms with van der Waals surface area (Å²) in [7, 11) is 0. The van der Waals surface area contributed by atoms with Crippen molar-refractivity contribution in [3.05, 3.63) is 52.1 Å². The van der Waals surface area contributed by atoms with E-state index in [1.54, 1.807) is 0 Å². The average Bonchev–Trinajstić information content (AvgIpc) is 2.54. The monoisotopic (exact) mass is 327 g/mol. The quantitative estimate of drug-likeness (QED) is 0.932. The van der Waals surface area contributed by atoms with Crippen molar-refractivity contribution in [2.75, 3.05) is 18.0 Å². The lowest BCUT2D eigenvalue weighted by Gasteiger charge is -2.33. The summed E-state index contributed by atoms with van der Waals surface area (Å²) in [5.74, 6) is -0.961. The SMILES string of the molecule is CC(C)CN1CCCc2cc(-c3ccc(=O)oc3C(=O)O)ccc21. The minimum Gasteiger partial charge on any atom is -0.475 e. The summed E-state index contributed by atoms with van der Waals surface area (Å²) in [6.45, 7) is 6.46. The summed E-state index contributed by atoms with van der Waals surface area (Å²) < 4.78 is 4.88. The van der Waals surface area contributed by atoms with Crippen LogP contribution in [0.1, 0.15) is 36.4 Å². The summed E-state index contributed by atoms with van der Waals surface area (Å²) in [5.41, 5.74) is 2.97. The molecular formula is C19H21NO4. The number of aromatic carboxylic acids is 1. The molecule has 1 aliphatic heterocycles. The van der Waals surface area contributed by atoms with Gasteiger partial charge >= 0.3 is 11.6 Å². The van der Waals surface area contributed by atoms with Gasteiger partial charge in [0.05, 0.1) is 0 Å². The van der Waals surface area contributed by atoms with E-state index in [0.717, 1.165) is 31.5 Å². The standard InChI is InChI=1S/C19H21NO4/c1-12(2)11-20-9-3-4-14-10-13(5-7-16(14)20)15-6-8-17(21)24-18(15)19(22)23/h5-8,10,12H,3-4,9,11H2,1-2H3,(H,22,23). The highest BCUT2D eigenvalue weighted by Gasteiger charge is 2.20. The van der Waals surface area contributed by atoms with Gasteiger partial charge in [-0.2, -0.15) is 0 Å². The molecule has 1 aromatic heterocycles. The first-order valence-electron chi connectivity index (χ1n) is 8.21.